The fraction of sp³-hybridized carbons (Fsp3) is 0.571. The zero-order chi connectivity index (χ0) is 15.5. The minimum absolute atomic E-state index is 0.00989. The minimum atomic E-state index is -3.50. The van der Waals surface area contributed by atoms with Crippen LogP contribution < -0.4 is 10.0 Å². The highest BCUT2D eigenvalue weighted by molar-refractivity contribution is 9.10. The van der Waals surface area contributed by atoms with Crippen molar-refractivity contribution in [3.05, 3.63) is 28.2 Å². The third-order valence-electron chi connectivity index (χ3n) is 3.58. The molecular formula is C14H22BrN3O2S. The maximum Gasteiger partial charge on any atom is 0.241 e. The van der Waals surface area contributed by atoms with Gasteiger partial charge in [0.25, 0.3) is 0 Å². The summed E-state index contributed by atoms with van der Waals surface area (Å²) in [7, 11) is -1.50. The summed E-state index contributed by atoms with van der Waals surface area (Å²) in [6.45, 7) is 5.22. The number of nitrogens with one attached hydrogen (secondary N) is 2. The highest BCUT2D eigenvalue weighted by Gasteiger charge is 2.26. The normalized spacial score (nSPS) is 20.0. The molecule has 118 valence electrons. The molecule has 1 unspecified atom stereocenters. The van der Waals surface area contributed by atoms with E-state index in [1.54, 1.807) is 12.1 Å². The van der Waals surface area contributed by atoms with Crippen LogP contribution >= 0.6 is 15.9 Å². The van der Waals surface area contributed by atoms with E-state index in [1.807, 2.05) is 20.0 Å². The molecule has 0 saturated carbocycles. The maximum absolute atomic E-state index is 12.6. The highest BCUT2D eigenvalue weighted by Crippen LogP contribution is 2.24. The summed E-state index contributed by atoms with van der Waals surface area (Å²) in [6, 6.07) is 5.44. The summed E-state index contributed by atoms with van der Waals surface area (Å²) in [5, 5.41) is 3.20. The minimum Gasteiger partial charge on any atom is -0.313 e. The molecule has 1 fully saturated rings. The molecule has 1 heterocycles. The van der Waals surface area contributed by atoms with Gasteiger partial charge in [-0.3, -0.25) is 0 Å². The van der Waals surface area contributed by atoms with Crippen LogP contribution in [0.4, 0.5) is 0 Å². The topological polar surface area (TPSA) is 61.4 Å². The first kappa shape index (κ1) is 16.9. The molecule has 0 aliphatic carbocycles. The predicted molar refractivity (Wildman–Crippen MR) is 87.7 cm³/mol. The SMILES string of the molecule is CCNCc1ccc(Br)c(S(=O)(=O)NC2CCN(C)C2)c1. The Morgan fingerprint density at radius 1 is 1.43 bits per heavy atom. The number of nitrogens with zero attached hydrogens (tertiary/aromatic N) is 1. The molecule has 2 N–H and O–H groups in total. The van der Waals surface area contributed by atoms with Gasteiger partial charge < -0.3 is 10.2 Å². The van der Waals surface area contributed by atoms with Crippen molar-refractivity contribution in [2.75, 3.05) is 26.7 Å². The monoisotopic (exact) mass is 375 g/mol. The molecule has 5 nitrogen and oxygen atoms in total. The smallest absolute Gasteiger partial charge is 0.241 e. The van der Waals surface area contributed by atoms with Gasteiger partial charge in [-0.25, -0.2) is 13.1 Å². The Balaban J connectivity index is 2.18. The Kier molecular flexibility index (Phi) is 5.79. The molecule has 7 heteroatoms. The van der Waals surface area contributed by atoms with Gasteiger partial charge >= 0.3 is 0 Å². The first-order chi connectivity index (χ1) is 9.92. The van der Waals surface area contributed by atoms with Crippen LogP contribution in [0.1, 0.15) is 18.9 Å². The van der Waals surface area contributed by atoms with E-state index in [0.29, 0.717) is 15.9 Å². The molecule has 1 aliphatic rings. The molecule has 0 spiro atoms. The Labute approximate surface area is 135 Å². The Bertz CT molecular complexity index is 592. The number of hydrogen-bond donors (Lipinski definition) is 2. The van der Waals surface area contributed by atoms with E-state index in [1.165, 1.54) is 0 Å². The van der Waals surface area contributed by atoms with Crippen molar-refractivity contribution in [2.45, 2.75) is 30.8 Å². The van der Waals surface area contributed by atoms with Gasteiger partial charge in [0.2, 0.25) is 10.0 Å². The predicted octanol–water partition coefficient (Wildman–Crippen LogP) is 1.54. The number of hydrogen-bond acceptors (Lipinski definition) is 4. The summed E-state index contributed by atoms with van der Waals surface area (Å²) < 4.78 is 28.5. The lowest BCUT2D eigenvalue weighted by molar-refractivity contribution is 0.407. The Morgan fingerprint density at radius 2 is 2.19 bits per heavy atom. The number of likely N-dealkylation sites (tertiary alicyclic amines) is 1. The number of benzene rings is 1. The molecule has 1 atom stereocenters. The van der Waals surface area contributed by atoms with Crippen molar-refractivity contribution in [2.24, 2.45) is 0 Å². The molecule has 1 aromatic carbocycles. The van der Waals surface area contributed by atoms with Gasteiger partial charge in [0.15, 0.2) is 0 Å². The van der Waals surface area contributed by atoms with Crippen molar-refractivity contribution in [3.8, 4) is 0 Å². The van der Waals surface area contributed by atoms with Crippen molar-refractivity contribution >= 4 is 26.0 Å². The van der Waals surface area contributed by atoms with Crippen molar-refractivity contribution in [1.82, 2.24) is 14.9 Å². The Morgan fingerprint density at radius 3 is 2.81 bits per heavy atom. The summed E-state index contributed by atoms with van der Waals surface area (Å²) in [6.07, 6.45) is 0.852. The molecule has 1 saturated heterocycles. The first-order valence-electron chi connectivity index (χ1n) is 7.12. The molecule has 1 aliphatic heterocycles. The van der Waals surface area contributed by atoms with Crippen LogP contribution in [0, 0.1) is 0 Å². The van der Waals surface area contributed by atoms with E-state index in [9.17, 15) is 8.42 Å². The number of sulfonamides is 1. The molecule has 0 bridgehead atoms. The van der Waals surface area contributed by atoms with E-state index in [-0.39, 0.29) is 6.04 Å². The van der Waals surface area contributed by atoms with Crippen molar-refractivity contribution < 1.29 is 8.42 Å². The molecule has 0 amide bonds. The highest BCUT2D eigenvalue weighted by atomic mass is 79.9. The Hall–Kier alpha value is -0.470. The summed E-state index contributed by atoms with van der Waals surface area (Å²) in [5.41, 5.74) is 0.962. The van der Waals surface area contributed by atoms with Gasteiger partial charge in [-0.05, 0) is 60.2 Å². The third-order valence-corrected chi connectivity index (χ3v) is 6.09. The fourth-order valence-electron chi connectivity index (χ4n) is 2.45. The third kappa shape index (κ3) is 4.50. The average Bonchev–Trinajstić information content (AvgIpc) is 2.82. The molecule has 1 aromatic rings. The van der Waals surface area contributed by atoms with Crippen LogP contribution in [0.2, 0.25) is 0 Å². The second-order valence-corrected chi connectivity index (χ2v) is 7.95. The lowest BCUT2D eigenvalue weighted by Crippen LogP contribution is -2.36. The van der Waals surface area contributed by atoms with Crippen LogP contribution in [0.5, 0.6) is 0 Å². The van der Waals surface area contributed by atoms with E-state index in [4.69, 9.17) is 0 Å². The van der Waals surface area contributed by atoms with E-state index in [0.717, 1.165) is 31.6 Å². The first-order valence-corrected chi connectivity index (χ1v) is 9.40. The lowest BCUT2D eigenvalue weighted by Gasteiger charge is -2.15. The largest absolute Gasteiger partial charge is 0.313 e. The van der Waals surface area contributed by atoms with Crippen LogP contribution in [0.25, 0.3) is 0 Å². The molecular weight excluding hydrogens is 354 g/mol. The zero-order valence-electron chi connectivity index (χ0n) is 12.4. The number of likely N-dealkylation sites (N-methyl/N-ethyl adjacent to an activating group) is 1. The quantitative estimate of drug-likeness (QED) is 0.791. The van der Waals surface area contributed by atoms with E-state index >= 15 is 0 Å². The van der Waals surface area contributed by atoms with Crippen molar-refractivity contribution in [3.63, 3.8) is 0 Å². The number of halogens is 1. The van der Waals surface area contributed by atoms with Gasteiger partial charge in [-0.2, -0.15) is 0 Å². The van der Waals surface area contributed by atoms with Gasteiger partial charge in [0.05, 0.1) is 4.90 Å². The fourth-order valence-corrected chi connectivity index (χ4v) is 4.72. The standard InChI is InChI=1S/C14H22BrN3O2S/c1-3-16-9-11-4-5-13(15)14(8-11)21(19,20)17-12-6-7-18(2)10-12/h4-5,8,12,16-17H,3,6-7,9-10H2,1-2H3. The molecule has 21 heavy (non-hydrogen) atoms. The average molecular weight is 376 g/mol. The van der Waals surface area contributed by atoms with E-state index < -0.39 is 10.0 Å². The molecule has 2 rings (SSSR count). The maximum atomic E-state index is 12.6. The second kappa shape index (κ2) is 7.19. The number of rotatable bonds is 6. The lowest BCUT2D eigenvalue weighted by atomic mass is 10.2. The van der Waals surface area contributed by atoms with Crippen LogP contribution in [0.3, 0.4) is 0 Å². The summed E-state index contributed by atoms with van der Waals surface area (Å²) in [5.74, 6) is 0. The van der Waals surface area contributed by atoms with Gasteiger partial charge in [0.1, 0.15) is 0 Å². The molecule has 0 aromatic heterocycles. The van der Waals surface area contributed by atoms with Crippen LogP contribution in [-0.2, 0) is 16.6 Å². The summed E-state index contributed by atoms with van der Waals surface area (Å²) >= 11 is 3.35. The van der Waals surface area contributed by atoms with Gasteiger partial charge in [-0.1, -0.05) is 13.0 Å². The summed E-state index contributed by atoms with van der Waals surface area (Å²) in [4.78, 5) is 2.44. The van der Waals surface area contributed by atoms with Crippen LogP contribution in [-0.4, -0.2) is 46.0 Å². The zero-order valence-corrected chi connectivity index (χ0v) is 14.8. The second-order valence-electron chi connectivity index (χ2n) is 5.41. The van der Waals surface area contributed by atoms with Crippen molar-refractivity contribution in [1.29, 1.82) is 0 Å². The van der Waals surface area contributed by atoms with Gasteiger partial charge in [-0.15, -0.1) is 0 Å². The van der Waals surface area contributed by atoms with E-state index in [2.05, 4.69) is 30.9 Å². The molecule has 0 radical (unpaired) electrons. The van der Waals surface area contributed by atoms with Crippen LogP contribution in [0.15, 0.2) is 27.6 Å². The van der Waals surface area contributed by atoms with Gasteiger partial charge in [0, 0.05) is 23.6 Å².